The second kappa shape index (κ2) is 5.57. The van der Waals surface area contributed by atoms with Crippen molar-refractivity contribution in [1.29, 1.82) is 5.41 Å². The van der Waals surface area contributed by atoms with Crippen molar-refractivity contribution >= 4 is 5.84 Å². The second-order valence-corrected chi connectivity index (χ2v) is 5.24. The summed E-state index contributed by atoms with van der Waals surface area (Å²) in [5, 5.41) is 7.57. The number of nitrogens with one attached hydrogen (secondary N) is 1. The third-order valence-electron chi connectivity index (χ3n) is 3.69. The molecule has 3 N–H and O–H groups in total. The lowest BCUT2D eigenvalue weighted by atomic mass is 10.0. The van der Waals surface area contributed by atoms with E-state index in [-0.39, 0.29) is 11.4 Å². The largest absolute Gasteiger partial charge is 0.384 e. The normalized spacial score (nSPS) is 15.3. The van der Waals surface area contributed by atoms with Crippen molar-refractivity contribution in [2.75, 3.05) is 13.6 Å². The smallest absolute Gasteiger partial charge is 0.261 e. The molecule has 0 saturated heterocycles. The Morgan fingerprint density at radius 1 is 1.53 bits per heavy atom. The van der Waals surface area contributed by atoms with Crippen molar-refractivity contribution in [3.05, 3.63) is 33.2 Å². The van der Waals surface area contributed by atoms with Crippen LogP contribution in [0.1, 0.15) is 36.6 Å². The van der Waals surface area contributed by atoms with E-state index in [2.05, 4.69) is 18.9 Å². The minimum atomic E-state index is -0.133. The van der Waals surface area contributed by atoms with E-state index >= 15 is 0 Å². The molecule has 0 saturated carbocycles. The van der Waals surface area contributed by atoms with Crippen LogP contribution in [0.4, 0.5) is 0 Å². The van der Waals surface area contributed by atoms with E-state index in [9.17, 15) is 4.79 Å². The Morgan fingerprint density at radius 2 is 2.26 bits per heavy atom. The van der Waals surface area contributed by atoms with Gasteiger partial charge in [-0.3, -0.25) is 10.2 Å². The van der Waals surface area contributed by atoms with Gasteiger partial charge < -0.3 is 15.2 Å². The van der Waals surface area contributed by atoms with Crippen LogP contribution in [0.3, 0.4) is 0 Å². The minimum Gasteiger partial charge on any atom is -0.384 e. The highest BCUT2D eigenvalue weighted by atomic mass is 16.1. The number of fused-ring (bicyclic) bond motifs is 1. The van der Waals surface area contributed by atoms with Crippen LogP contribution in [0.5, 0.6) is 0 Å². The number of rotatable bonds is 4. The predicted octanol–water partition coefficient (Wildman–Crippen LogP) is 0.920. The van der Waals surface area contributed by atoms with Gasteiger partial charge in [-0.25, -0.2) is 0 Å². The quantitative estimate of drug-likeness (QED) is 0.626. The summed E-state index contributed by atoms with van der Waals surface area (Å²) in [6.45, 7) is 4.63. The highest BCUT2D eigenvalue weighted by Crippen LogP contribution is 2.18. The first-order chi connectivity index (χ1) is 9.04. The molecule has 5 nitrogen and oxygen atoms in total. The Hall–Kier alpha value is -1.62. The van der Waals surface area contributed by atoms with Crippen molar-refractivity contribution in [2.45, 2.75) is 39.3 Å². The van der Waals surface area contributed by atoms with Crippen LogP contribution >= 0.6 is 0 Å². The van der Waals surface area contributed by atoms with Crippen molar-refractivity contribution in [3.63, 3.8) is 0 Å². The van der Waals surface area contributed by atoms with E-state index in [1.807, 2.05) is 4.57 Å². The van der Waals surface area contributed by atoms with E-state index in [0.29, 0.717) is 5.56 Å². The molecule has 0 atom stereocenters. The van der Waals surface area contributed by atoms with Crippen molar-refractivity contribution in [1.82, 2.24) is 9.47 Å². The maximum Gasteiger partial charge on any atom is 0.261 e. The summed E-state index contributed by atoms with van der Waals surface area (Å²) < 4.78 is 1.84. The third-order valence-corrected chi connectivity index (χ3v) is 3.69. The summed E-state index contributed by atoms with van der Waals surface area (Å²) in [5.74, 6) is -0.133. The number of nitrogens with two attached hydrogens (primary N) is 1. The highest BCUT2D eigenvalue weighted by molar-refractivity contribution is 5.94. The Labute approximate surface area is 113 Å². The van der Waals surface area contributed by atoms with Crippen molar-refractivity contribution in [3.8, 4) is 0 Å². The zero-order valence-corrected chi connectivity index (χ0v) is 11.7. The number of hydrogen-bond acceptors (Lipinski definition) is 3. The van der Waals surface area contributed by atoms with E-state index in [4.69, 9.17) is 11.1 Å². The Balaban J connectivity index is 2.55. The zero-order valence-electron chi connectivity index (χ0n) is 11.7. The van der Waals surface area contributed by atoms with Crippen LogP contribution in [0, 0.1) is 5.41 Å². The van der Waals surface area contributed by atoms with Gasteiger partial charge in [0.25, 0.3) is 5.56 Å². The third kappa shape index (κ3) is 2.71. The van der Waals surface area contributed by atoms with Gasteiger partial charge >= 0.3 is 0 Å². The van der Waals surface area contributed by atoms with Crippen LogP contribution in [0.15, 0.2) is 10.9 Å². The molecular formula is C14H22N4O. The molecule has 1 aromatic rings. The number of pyridine rings is 1. The molecule has 0 fully saturated rings. The Bertz CT molecular complexity index is 547. The molecule has 1 aromatic heterocycles. The molecule has 0 amide bonds. The van der Waals surface area contributed by atoms with Crippen LogP contribution in [0.2, 0.25) is 0 Å². The summed E-state index contributed by atoms with van der Waals surface area (Å²) >= 11 is 0. The maximum atomic E-state index is 12.4. The number of amidine groups is 1. The first-order valence-corrected chi connectivity index (χ1v) is 6.83. The first kappa shape index (κ1) is 13.8. The second-order valence-electron chi connectivity index (χ2n) is 5.24. The molecule has 5 heteroatoms. The van der Waals surface area contributed by atoms with Gasteiger partial charge in [-0.1, -0.05) is 13.3 Å². The number of nitrogen functional groups attached to an aromatic ring is 1. The molecule has 0 spiro atoms. The molecule has 2 rings (SSSR count). The molecule has 1 aliphatic heterocycles. The Morgan fingerprint density at radius 3 is 2.89 bits per heavy atom. The molecule has 0 bridgehead atoms. The highest BCUT2D eigenvalue weighted by Gasteiger charge is 2.20. The number of hydrogen-bond donors (Lipinski definition) is 2. The molecule has 1 aliphatic rings. The van der Waals surface area contributed by atoms with E-state index in [1.165, 1.54) is 0 Å². The molecule has 0 unspecified atom stereocenters. The lowest BCUT2D eigenvalue weighted by Gasteiger charge is -2.28. The minimum absolute atomic E-state index is 0.107. The summed E-state index contributed by atoms with van der Waals surface area (Å²) in [6.07, 6.45) is 2.91. The Kier molecular flexibility index (Phi) is 4.04. The monoisotopic (exact) mass is 262 g/mol. The predicted molar refractivity (Wildman–Crippen MR) is 76.7 cm³/mol. The number of nitrogens with zero attached hydrogens (tertiary/aromatic N) is 2. The van der Waals surface area contributed by atoms with E-state index < -0.39 is 0 Å². The lowest BCUT2D eigenvalue weighted by Crippen LogP contribution is -2.37. The molecule has 2 heterocycles. The fourth-order valence-electron chi connectivity index (χ4n) is 2.61. The van der Waals surface area contributed by atoms with Crippen molar-refractivity contribution < 1.29 is 0 Å². The topological polar surface area (TPSA) is 75.1 Å². The molecule has 0 aliphatic carbocycles. The SMILES string of the molecule is CCCCn1c2c(cc(C(=N)N)c1=O)CN(C)CC2. The fourth-order valence-corrected chi connectivity index (χ4v) is 2.61. The van der Waals surface area contributed by atoms with Gasteiger partial charge in [-0.05, 0) is 25.1 Å². The van der Waals surface area contributed by atoms with Gasteiger partial charge in [-0.2, -0.15) is 0 Å². The number of likely N-dealkylation sites (N-methyl/N-ethyl adjacent to an activating group) is 1. The first-order valence-electron chi connectivity index (χ1n) is 6.83. The van der Waals surface area contributed by atoms with Crippen LogP contribution in [-0.4, -0.2) is 28.9 Å². The van der Waals surface area contributed by atoms with Crippen LogP contribution < -0.4 is 11.3 Å². The molecule has 104 valence electrons. The summed E-state index contributed by atoms with van der Waals surface area (Å²) in [7, 11) is 2.07. The average Bonchev–Trinajstić information content (AvgIpc) is 2.37. The lowest BCUT2D eigenvalue weighted by molar-refractivity contribution is 0.303. The van der Waals surface area contributed by atoms with Crippen LogP contribution in [-0.2, 0) is 19.5 Å². The van der Waals surface area contributed by atoms with Gasteiger partial charge in [0.1, 0.15) is 5.84 Å². The molecule has 0 aromatic carbocycles. The number of unbranched alkanes of at least 4 members (excludes halogenated alkanes) is 1. The van der Waals surface area contributed by atoms with Gasteiger partial charge in [0.2, 0.25) is 0 Å². The molecule has 19 heavy (non-hydrogen) atoms. The average molecular weight is 262 g/mol. The van der Waals surface area contributed by atoms with Gasteiger partial charge in [0.05, 0.1) is 5.56 Å². The molecular weight excluding hydrogens is 240 g/mol. The summed E-state index contributed by atoms with van der Waals surface area (Å²) in [4.78, 5) is 14.6. The standard InChI is InChI=1S/C14H22N4O/c1-3-4-6-18-12-5-7-17(2)9-10(12)8-11(13(15)16)14(18)19/h8H,3-7,9H2,1-2H3,(H3,15,16). The van der Waals surface area contributed by atoms with Gasteiger partial charge in [-0.15, -0.1) is 0 Å². The zero-order chi connectivity index (χ0) is 14.0. The van der Waals surface area contributed by atoms with E-state index in [0.717, 1.165) is 50.2 Å². The summed E-state index contributed by atoms with van der Waals surface area (Å²) in [5.41, 5.74) is 8.03. The summed E-state index contributed by atoms with van der Waals surface area (Å²) in [6, 6.07) is 1.80. The maximum absolute atomic E-state index is 12.4. The van der Waals surface area contributed by atoms with Crippen LogP contribution in [0.25, 0.3) is 0 Å². The van der Waals surface area contributed by atoms with E-state index in [1.54, 1.807) is 6.07 Å². The number of aromatic nitrogens is 1. The van der Waals surface area contributed by atoms with Crippen molar-refractivity contribution in [2.24, 2.45) is 5.73 Å². The fraction of sp³-hybridized carbons (Fsp3) is 0.571. The van der Waals surface area contributed by atoms with Gasteiger partial charge in [0, 0.05) is 31.7 Å². The molecule has 0 radical (unpaired) electrons. The van der Waals surface area contributed by atoms with Gasteiger partial charge in [0.15, 0.2) is 0 Å².